The molecule has 0 unspecified atom stereocenters. The van der Waals surface area contributed by atoms with Gasteiger partial charge >= 0.3 is 0 Å². The zero-order valence-electron chi connectivity index (χ0n) is 14.6. The Morgan fingerprint density at radius 1 is 0.846 bits per heavy atom. The Bertz CT molecular complexity index is 921. The van der Waals surface area contributed by atoms with Crippen LogP contribution in [-0.2, 0) is 13.1 Å². The average molecular weight is 383 g/mol. The zero-order chi connectivity index (χ0) is 17.2. The molecule has 0 bridgehead atoms. The molecule has 0 aliphatic heterocycles. The van der Waals surface area contributed by atoms with Crippen LogP contribution < -0.4 is 17.0 Å². The number of halogens is 2. The monoisotopic (exact) mass is 382 g/mol. The molecule has 1 heterocycles. The van der Waals surface area contributed by atoms with Gasteiger partial charge in [-0.15, -0.1) is 0 Å². The molecule has 1 aromatic heterocycles. The molecule has 0 fully saturated rings. The first kappa shape index (κ1) is 18.5. The molecule has 0 radical (unpaired) electrons. The summed E-state index contributed by atoms with van der Waals surface area (Å²) >= 11 is 6.00. The highest BCUT2D eigenvalue weighted by atomic mass is 35.5. The predicted molar refractivity (Wildman–Crippen MR) is 103 cm³/mol. The fourth-order valence-corrected chi connectivity index (χ4v) is 3.30. The maximum absolute atomic E-state index is 6.00. The first-order valence-electron chi connectivity index (χ1n) is 8.46. The summed E-state index contributed by atoms with van der Waals surface area (Å²) in [6.07, 6.45) is 2.21. The van der Waals surface area contributed by atoms with E-state index in [9.17, 15) is 0 Å². The Morgan fingerprint density at radius 3 is 2.23 bits per heavy atom. The first-order chi connectivity index (χ1) is 12.2. The van der Waals surface area contributed by atoms with Crippen LogP contribution >= 0.6 is 11.6 Å². The third-order valence-electron chi connectivity index (χ3n) is 4.52. The van der Waals surface area contributed by atoms with E-state index in [1.54, 1.807) is 0 Å². The third-order valence-corrected chi connectivity index (χ3v) is 4.77. The highest BCUT2D eigenvalue weighted by Crippen LogP contribution is 2.15. The van der Waals surface area contributed by atoms with Gasteiger partial charge in [0, 0.05) is 5.02 Å². The van der Waals surface area contributed by atoms with Gasteiger partial charge in [-0.25, -0.2) is 9.13 Å². The molecule has 0 aliphatic carbocycles. The normalized spacial score (nSPS) is 10.7. The fourth-order valence-electron chi connectivity index (χ4n) is 3.17. The van der Waals surface area contributed by atoms with Crippen LogP contribution in [0.1, 0.15) is 16.7 Å². The Labute approximate surface area is 165 Å². The van der Waals surface area contributed by atoms with Crippen molar-refractivity contribution in [3.05, 3.63) is 101 Å². The molecule has 132 valence electrons. The van der Waals surface area contributed by atoms with Crippen molar-refractivity contribution in [3.8, 4) is 0 Å². The summed E-state index contributed by atoms with van der Waals surface area (Å²) in [6, 6.07) is 25.4. The summed E-state index contributed by atoms with van der Waals surface area (Å²) in [5.74, 6) is 0. The standard InChI is InChI=1S/C22H20ClN2.ClH/c1-17-6-8-18(9-7-17)14-24-16-25(22-5-3-2-4-21(22)24)15-19-10-12-20(23)13-11-19;/h2-13,16H,14-15H2,1H3;1H/q+1;/p-1. The van der Waals surface area contributed by atoms with Crippen LogP contribution in [0.15, 0.2) is 79.1 Å². The second-order valence-corrected chi connectivity index (χ2v) is 6.91. The number of hydrogen-bond donors (Lipinski definition) is 0. The Hall–Kier alpha value is -2.29. The molecule has 2 nitrogen and oxygen atoms in total. The van der Waals surface area contributed by atoms with Crippen molar-refractivity contribution in [2.24, 2.45) is 0 Å². The highest BCUT2D eigenvalue weighted by molar-refractivity contribution is 6.30. The molecule has 26 heavy (non-hydrogen) atoms. The number of fused-ring (bicyclic) bond motifs is 1. The van der Waals surface area contributed by atoms with Crippen LogP contribution in [-0.4, -0.2) is 4.57 Å². The van der Waals surface area contributed by atoms with Gasteiger partial charge in [0.25, 0.3) is 0 Å². The molecule has 0 aliphatic rings. The number of aromatic nitrogens is 2. The number of imidazole rings is 1. The average Bonchev–Trinajstić information content (AvgIpc) is 2.97. The second-order valence-electron chi connectivity index (χ2n) is 6.47. The molecule has 0 atom stereocenters. The van der Waals surface area contributed by atoms with Gasteiger partial charge in [-0.2, -0.15) is 0 Å². The smallest absolute Gasteiger partial charge is 0.245 e. The number of rotatable bonds is 4. The minimum Gasteiger partial charge on any atom is -1.00 e. The Balaban J connectivity index is 0.00000196. The number of benzene rings is 3. The highest BCUT2D eigenvalue weighted by Gasteiger charge is 2.15. The summed E-state index contributed by atoms with van der Waals surface area (Å²) in [5.41, 5.74) is 6.33. The molecule has 4 aromatic rings. The van der Waals surface area contributed by atoms with Gasteiger partial charge in [-0.1, -0.05) is 65.7 Å². The maximum Gasteiger partial charge on any atom is 0.245 e. The van der Waals surface area contributed by atoms with E-state index in [2.05, 4.69) is 83.0 Å². The molecule has 4 heteroatoms. The molecular formula is C22H20Cl2N2. The topological polar surface area (TPSA) is 8.81 Å². The zero-order valence-corrected chi connectivity index (χ0v) is 16.1. The lowest BCUT2D eigenvalue weighted by Crippen LogP contribution is -3.00. The summed E-state index contributed by atoms with van der Waals surface area (Å²) < 4.78 is 4.61. The van der Waals surface area contributed by atoms with Crippen molar-refractivity contribution < 1.29 is 17.0 Å². The SMILES string of the molecule is Cc1ccc(Cn2c[n+](Cc3ccc(Cl)cc3)c3ccccc32)cc1.[Cl-]. The molecule has 3 aromatic carbocycles. The molecule has 0 saturated carbocycles. The summed E-state index contributed by atoms with van der Waals surface area (Å²) in [7, 11) is 0. The number of para-hydroxylation sites is 2. The van der Waals surface area contributed by atoms with Gasteiger partial charge in [0.05, 0.1) is 0 Å². The van der Waals surface area contributed by atoms with Crippen molar-refractivity contribution in [2.75, 3.05) is 0 Å². The van der Waals surface area contributed by atoms with E-state index in [4.69, 9.17) is 11.6 Å². The number of hydrogen-bond acceptors (Lipinski definition) is 0. The van der Waals surface area contributed by atoms with Crippen LogP contribution in [0.2, 0.25) is 5.02 Å². The van der Waals surface area contributed by atoms with E-state index < -0.39 is 0 Å². The molecular weight excluding hydrogens is 363 g/mol. The minimum absolute atomic E-state index is 0. The summed E-state index contributed by atoms with van der Waals surface area (Å²) in [6.45, 7) is 3.82. The van der Waals surface area contributed by atoms with Crippen LogP contribution in [0.5, 0.6) is 0 Å². The summed E-state index contributed by atoms with van der Waals surface area (Å²) in [5, 5.41) is 0.774. The summed E-state index contributed by atoms with van der Waals surface area (Å²) in [4.78, 5) is 0. The Morgan fingerprint density at radius 2 is 1.50 bits per heavy atom. The van der Waals surface area contributed by atoms with Crippen molar-refractivity contribution in [1.82, 2.24) is 4.57 Å². The number of nitrogens with zero attached hydrogens (tertiary/aromatic N) is 2. The van der Waals surface area contributed by atoms with Gasteiger partial charge in [-0.05, 0) is 42.3 Å². The van der Waals surface area contributed by atoms with Crippen LogP contribution in [0, 0.1) is 6.92 Å². The maximum atomic E-state index is 6.00. The van der Waals surface area contributed by atoms with E-state index in [1.807, 2.05) is 12.1 Å². The fraction of sp³-hybridized carbons (Fsp3) is 0.136. The lowest BCUT2D eigenvalue weighted by molar-refractivity contribution is -0.663. The van der Waals surface area contributed by atoms with Gasteiger partial charge in [0.2, 0.25) is 6.33 Å². The van der Waals surface area contributed by atoms with Crippen LogP contribution in [0.25, 0.3) is 11.0 Å². The van der Waals surface area contributed by atoms with Crippen LogP contribution in [0.3, 0.4) is 0 Å². The lowest BCUT2D eigenvalue weighted by atomic mass is 10.1. The molecule has 0 spiro atoms. The van der Waals surface area contributed by atoms with Gasteiger partial charge in [-0.3, -0.25) is 0 Å². The van der Waals surface area contributed by atoms with Crippen LogP contribution in [0.4, 0.5) is 0 Å². The largest absolute Gasteiger partial charge is 1.00 e. The molecule has 0 amide bonds. The second kappa shape index (κ2) is 7.94. The molecule has 0 saturated heterocycles. The van der Waals surface area contributed by atoms with Gasteiger partial charge in [0.15, 0.2) is 11.0 Å². The molecule has 4 rings (SSSR count). The van der Waals surface area contributed by atoms with E-state index in [0.717, 1.165) is 18.1 Å². The van der Waals surface area contributed by atoms with Crippen molar-refractivity contribution in [2.45, 2.75) is 20.0 Å². The quantitative estimate of drug-likeness (QED) is 0.477. The van der Waals surface area contributed by atoms with E-state index in [1.165, 1.54) is 27.7 Å². The van der Waals surface area contributed by atoms with Crippen molar-refractivity contribution in [1.29, 1.82) is 0 Å². The lowest BCUT2D eigenvalue weighted by Gasteiger charge is -2.00. The first-order valence-corrected chi connectivity index (χ1v) is 8.84. The van der Waals surface area contributed by atoms with E-state index in [0.29, 0.717) is 0 Å². The molecule has 0 N–H and O–H groups in total. The van der Waals surface area contributed by atoms with Gasteiger partial charge in [0.1, 0.15) is 13.1 Å². The van der Waals surface area contributed by atoms with E-state index >= 15 is 0 Å². The van der Waals surface area contributed by atoms with E-state index in [-0.39, 0.29) is 12.4 Å². The minimum atomic E-state index is 0. The van der Waals surface area contributed by atoms with Crippen molar-refractivity contribution >= 4 is 22.6 Å². The van der Waals surface area contributed by atoms with Gasteiger partial charge < -0.3 is 12.4 Å². The number of aryl methyl sites for hydroxylation is 1. The third kappa shape index (κ3) is 3.92. The Kier molecular flexibility index (Phi) is 5.65. The van der Waals surface area contributed by atoms with Crippen molar-refractivity contribution in [3.63, 3.8) is 0 Å². The predicted octanol–water partition coefficient (Wildman–Crippen LogP) is 1.99.